The first-order chi connectivity index (χ1) is 11.8. The zero-order valence-corrected chi connectivity index (χ0v) is 13.9. The van der Waals surface area contributed by atoms with Crippen LogP contribution >= 0.6 is 11.8 Å². The van der Waals surface area contributed by atoms with Crippen molar-refractivity contribution in [3.8, 4) is 11.1 Å². The van der Waals surface area contributed by atoms with Gasteiger partial charge in [-0.25, -0.2) is 0 Å². The number of benzene rings is 2. The molecule has 0 fully saturated rings. The van der Waals surface area contributed by atoms with Crippen LogP contribution in [-0.2, 0) is 15.7 Å². The minimum Gasteiger partial charge on any atom is -0.393 e. The summed E-state index contributed by atoms with van der Waals surface area (Å²) in [7, 11) is 1.41. The van der Waals surface area contributed by atoms with E-state index in [0.29, 0.717) is 21.7 Å². The highest BCUT2D eigenvalue weighted by atomic mass is 32.2. The number of nitrogens with two attached hydrogens (primary N) is 1. The Morgan fingerprint density at radius 3 is 2.36 bits per heavy atom. The lowest BCUT2D eigenvalue weighted by molar-refractivity contribution is -0.137. The molecule has 0 aromatic heterocycles. The van der Waals surface area contributed by atoms with E-state index in [0.717, 1.165) is 23.9 Å². The average Bonchev–Trinajstić information content (AvgIpc) is 2.88. The Labute approximate surface area is 146 Å². The van der Waals surface area contributed by atoms with Gasteiger partial charge in [0.2, 0.25) is 5.78 Å². The molecule has 130 valence electrons. The van der Waals surface area contributed by atoms with Crippen molar-refractivity contribution >= 4 is 23.1 Å². The number of hydrogen-bond acceptors (Lipinski definition) is 4. The smallest absolute Gasteiger partial charge is 0.393 e. The largest absolute Gasteiger partial charge is 0.416 e. The van der Waals surface area contributed by atoms with Gasteiger partial charge in [-0.1, -0.05) is 48.2 Å². The van der Waals surface area contributed by atoms with Crippen LogP contribution in [0.2, 0.25) is 0 Å². The molecule has 1 aliphatic rings. The molecular formula is C18H14F3NO2S. The van der Waals surface area contributed by atoms with E-state index in [-0.39, 0.29) is 11.4 Å². The van der Waals surface area contributed by atoms with Gasteiger partial charge >= 0.3 is 6.18 Å². The Kier molecular flexibility index (Phi) is 4.62. The fourth-order valence-electron chi connectivity index (χ4n) is 2.70. The summed E-state index contributed by atoms with van der Waals surface area (Å²) < 4.78 is 44.1. The topological polar surface area (TPSA) is 52.3 Å². The second-order valence-corrected chi connectivity index (χ2v) is 6.52. The lowest BCUT2D eigenvalue weighted by Gasteiger charge is -2.13. The van der Waals surface area contributed by atoms with Gasteiger partial charge in [-0.05, 0) is 28.8 Å². The lowest BCUT2D eigenvalue weighted by Crippen LogP contribution is -2.15. The third kappa shape index (κ3) is 3.29. The van der Waals surface area contributed by atoms with Gasteiger partial charge in [0.1, 0.15) is 0 Å². The van der Waals surface area contributed by atoms with Gasteiger partial charge in [-0.15, -0.1) is 0 Å². The van der Waals surface area contributed by atoms with E-state index in [1.807, 2.05) is 0 Å². The maximum atomic E-state index is 13.0. The predicted octanol–water partition coefficient (Wildman–Crippen LogP) is 4.29. The van der Waals surface area contributed by atoms with Crippen molar-refractivity contribution in [2.45, 2.75) is 11.6 Å². The maximum Gasteiger partial charge on any atom is 0.416 e. The van der Waals surface area contributed by atoms with Crippen LogP contribution in [-0.4, -0.2) is 18.3 Å². The third-order valence-electron chi connectivity index (χ3n) is 3.85. The van der Waals surface area contributed by atoms with Crippen LogP contribution in [0.4, 0.5) is 13.2 Å². The number of hydrogen-bond donors (Lipinski definition) is 1. The Morgan fingerprint density at radius 2 is 1.76 bits per heavy atom. The molecule has 0 saturated carbocycles. The van der Waals surface area contributed by atoms with E-state index in [2.05, 4.69) is 0 Å². The number of ketones is 1. The summed E-state index contributed by atoms with van der Waals surface area (Å²) in [6.07, 6.45) is -4.44. The first-order valence-electron chi connectivity index (χ1n) is 7.33. The van der Waals surface area contributed by atoms with Crippen LogP contribution in [0.1, 0.15) is 11.1 Å². The minimum atomic E-state index is -4.44. The van der Waals surface area contributed by atoms with Crippen molar-refractivity contribution in [3.05, 3.63) is 64.7 Å². The fourth-order valence-corrected chi connectivity index (χ4v) is 3.58. The minimum absolute atomic E-state index is 0.282. The van der Waals surface area contributed by atoms with Crippen LogP contribution in [0, 0.1) is 0 Å². The molecule has 0 aliphatic carbocycles. The number of carbonyl (C=O) groups excluding carboxylic acids is 1. The summed E-state index contributed by atoms with van der Waals surface area (Å²) in [5.41, 5.74) is 6.15. The van der Waals surface area contributed by atoms with Gasteiger partial charge in [0.15, 0.2) is 5.44 Å². The highest BCUT2D eigenvalue weighted by Gasteiger charge is 2.35. The monoisotopic (exact) mass is 365 g/mol. The zero-order chi connectivity index (χ0) is 18.2. The number of ether oxygens (including phenoxy) is 1. The first kappa shape index (κ1) is 17.6. The molecule has 2 N–H and O–H groups in total. The predicted molar refractivity (Wildman–Crippen MR) is 91.4 cm³/mol. The molecule has 0 amide bonds. The van der Waals surface area contributed by atoms with E-state index in [4.69, 9.17) is 10.5 Å². The van der Waals surface area contributed by atoms with E-state index in [1.165, 1.54) is 13.2 Å². The molecule has 0 spiro atoms. The molecule has 7 heteroatoms. The standard InChI is InChI=1S/C18H14F3NO2S/c1-24-17-15(23)14(16(22)25-17)13-8-3-2-7-12(13)10-5-4-6-11(9-10)18(19,20)21/h2-9,17H,22H2,1H3. The second kappa shape index (κ2) is 6.57. The number of thioether (sulfide) groups is 1. The van der Waals surface area contributed by atoms with Gasteiger partial charge in [0.25, 0.3) is 0 Å². The van der Waals surface area contributed by atoms with Crippen molar-refractivity contribution < 1.29 is 22.7 Å². The summed E-state index contributed by atoms with van der Waals surface area (Å²) in [5.74, 6) is -0.288. The maximum absolute atomic E-state index is 13.0. The summed E-state index contributed by atoms with van der Waals surface area (Å²) >= 11 is 1.09. The van der Waals surface area contributed by atoms with Crippen molar-refractivity contribution in [2.75, 3.05) is 7.11 Å². The van der Waals surface area contributed by atoms with Crippen molar-refractivity contribution in [2.24, 2.45) is 5.73 Å². The van der Waals surface area contributed by atoms with Gasteiger partial charge < -0.3 is 10.5 Å². The zero-order valence-electron chi connectivity index (χ0n) is 13.1. The summed E-state index contributed by atoms with van der Waals surface area (Å²) in [5, 5.41) is 0.302. The molecule has 2 aromatic rings. The average molecular weight is 365 g/mol. The molecule has 3 rings (SSSR count). The molecule has 2 aromatic carbocycles. The number of Topliss-reactive ketones (excluding diaryl/α,β-unsaturated/α-hetero) is 1. The number of alkyl halides is 3. The number of carbonyl (C=O) groups is 1. The second-order valence-electron chi connectivity index (χ2n) is 5.41. The van der Waals surface area contributed by atoms with Gasteiger partial charge in [0, 0.05) is 7.11 Å². The van der Waals surface area contributed by atoms with Crippen LogP contribution in [0.5, 0.6) is 0 Å². The van der Waals surface area contributed by atoms with Crippen LogP contribution < -0.4 is 5.73 Å². The Balaban J connectivity index is 2.13. The number of rotatable bonds is 3. The normalized spacial score (nSPS) is 18.1. The molecule has 1 heterocycles. The number of methoxy groups -OCH3 is 1. The van der Waals surface area contributed by atoms with Crippen LogP contribution in [0.25, 0.3) is 16.7 Å². The highest BCUT2D eigenvalue weighted by molar-refractivity contribution is 8.05. The van der Waals surface area contributed by atoms with E-state index >= 15 is 0 Å². The van der Waals surface area contributed by atoms with Gasteiger partial charge in [-0.2, -0.15) is 13.2 Å². The van der Waals surface area contributed by atoms with Gasteiger partial charge in [0.05, 0.1) is 16.2 Å². The molecule has 25 heavy (non-hydrogen) atoms. The van der Waals surface area contributed by atoms with Crippen molar-refractivity contribution in [1.29, 1.82) is 0 Å². The molecule has 0 saturated heterocycles. The van der Waals surface area contributed by atoms with E-state index in [1.54, 1.807) is 30.3 Å². The van der Waals surface area contributed by atoms with Crippen LogP contribution in [0.3, 0.4) is 0 Å². The molecular weight excluding hydrogens is 351 g/mol. The summed E-state index contributed by atoms with van der Waals surface area (Å²) in [6.45, 7) is 0. The van der Waals surface area contributed by atoms with Crippen LogP contribution in [0.15, 0.2) is 53.6 Å². The molecule has 3 nitrogen and oxygen atoms in total. The summed E-state index contributed by atoms with van der Waals surface area (Å²) in [6, 6.07) is 11.8. The Morgan fingerprint density at radius 1 is 1.08 bits per heavy atom. The van der Waals surface area contributed by atoms with E-state index in [9.17, 15) is 18.0 Å². The Bertz CT molecular complexity index is 861. The third-order valence-corrected chi connectivity index (χ3v) is 4.93. The number of halogens is 3. The highest BCUT2D eigenvalue weighted by Crippen LogP contribution is 2.41. The molecule has 0 bridgehead atoms. The molecule has 1 aliphatic heterocycles. The fraction of sp³-hybridized carbons (Fsp3) is 0.167. The Hall–Kier alpha value is -2.25. The molecule has 1 unspecified atom stereocenters. The van der Waals surface area contributed by atoms with Gasteiger partial charge in [-0.3, -0.25) is 4.79 Å². The quantitative estimate of drug-likeness (QED) is 0.882. The molecule has 0 radical (unpaired) electrons. The summed E-state index contributed by atoms with van der Waals surface area (Å²) in [4.78, 5) is 12.5. The van der Waals surface area contributed by atoms with Crippen molar-refractivity contribution in [3.63, 3.8) is 0 Å². The van der Waals surface area contributed by atoms with E-state index < -0.39 is 17.2 Å². The molecule has 1 atom stereocenters. The van der Waals surface area contributed by atoms with Crippen molar-refractivity contribution in [1.82, 2.24) is 0 Å². The lowest BCUT2D eigenvalue weighted by atomic mass is 9.92. The first-order valence-corrected chi connectivity index (χ1v) is 8.21. The SMILES string of the molecule is COC1SC(N)=C(c2ccccc2-c2cccc(C(F)(F)F)c2)C1=O.